The van der Waals surface area contributed by atoms with Crippen molar-refractivity contribution in [2.75, 3.05) is 6.61 Å². The zero-order valence-corrected chi connectivity index (χ0v) is 9.48. The number of fused-ring (bicyclic) bond motifs is 2. The normalized spacial score (nSPS) is 14.3. The number of halogens is 1. The Bertz CT molecular complexity index is 617. The molecule has 6 heteroatoms. The minimum absolute atomic E-state index is 0.0480. The molecule has 3 heterocycles. The summed E-state index contributed by atoms with van der Waals surface area (Å²) < 4.78 is 7.43. The number of hydrogen-bond acceptors (Lipinski definition) is 4. The van der Waals surface area contributed by atoms with Crippen molar-refractivity contribution in [2.24, 2.45) is 0 Å². The van der Waals surface area contributed by atoms with Crippen molar-refractivity contribution in [1.82, 2.24) is 9.55 Å². The third-order valence-corrected chi connectivity index (χ3v) is 3.99. The van der Waals surface area contributed by atoms with Crippen LogP contribution in [0.5, 0.6) is 6.01 Å². The molecule has 3 rings (SSSR count). The van der Waals surface area contributed by atoms with E-state index in [-0.39, 0.29) is 5.56 Å². The lowest BCUT2D eigenvalue weighted by molar-refractivity contribution is 0.345. The zero-order valence-electron chi connectivity index (χ0n) is 7.91. The second-order valence-electron chi connectivity index (χ2n) is 3.38. The molecule has 0 amide bonds. The van der Waals surface area contributed by atoms with Crippen molar-refractivity contribution in [1.29, 1.82) is 0 Å². The molecule has 78 valence electrons. The molecule has 0 unspecified atom stereocenters. The molecule has 2 aromatic rings. The van der Waals surface area contributed by atoms with Crippen molar-refractivity contribution >= 4 is 33.2 Å². The van der Waals surface area contributed by atoms with Crippen LogP contribution in [0.1, 0.15) is 5.56 Å². The van der Waals surface area contributed by atoms with Gasteiger partial charge in [-0.1, -0.05) is 11.6 Å². The summed E-state index contributed by atoms with van der Waals surface area (Å²) >= 11 is 7.30. The molecule has 15 heavy (non-hydrogen) atoms. The highest BCUT2D eigenvalue weighted by Crippen LogP contribution is 2.32. The van der Waals surface area contributed by atoms with E-state index in [9.17, 15) is 4.79 Å². The smallest absolute Gasteiger partial charge is 0.300 e. The number of hydrogen-bond donors (Lipinski definition) is 0. The van der Waals surface area contributed by atoms with Crippen LogP contribution >= 0.6 is 22.9 Å². The molecule has 0 spiro atoms. The summed E-state index contributed by atoms with van der Waals surface area (Å²) in [5, 5.41) is 0.624. The summed E-state index contributed by atoms with van der Waals surface area (Å²) in [6, 6.07) is 0.408. The summed E-state index contributed by atoms with van der Waals surface area (Å²) in [6.07, 6.45) is 0. The monoisotopic (exact) mass is 242 g/mol. The maximum atomic E-state index is 12.0. The summed E-state index contributed by atoms with van der Waals surface area (Å²) in [4.78, 5) is 17.0. The van der Waals surface area contributed by atoms with E-state index in [1.54, 1.807) is 4.57 Å². The average molecular weight is 243 g/mol. The van der Waals surface area contributed by atoms with Gasteiger partial charge in [-0.05, 0) is 12.5 Å². The van der Waals surface area contributed by atoms with Crippen LogP contribution in [-0.2, 0) is 6.54 Å². The molecule has 0 atom stereocenters. The van der Waals surface area contributed by atoms with Gasteiger partial charge in [0.05, 0.1) is 16.3 Å². The molecular formula is C9H7ClN2O2S. The van der Waals surface area contributed by atoms with Crippen molar-refractivity contribution in [3.8, 4) is 6.01 Å². The molecule has 0 aromatic carbocycles. The largest absolute Gasteiger partial charge is 0.463 e. The first kappa shape index (κ1) is 9.18. The van der Waals surface area contributed by atoms with Gasteiger partial charge in [-0.2, -0.15) is 4.98 Å². The lowest BCUT2D eigenvalue weighted by Gasteiger charge is -1.99. The minimum atomic E-state index is -0.0480. The average Bonchev–Trinajstić information content (AvgIpc) is 2.74. The SMILES string of the molecule is Cc1c(Cl)sc2nc3n(c(=O)c12)CCO3. The van der Waals surface area contributed by atoms with Crippen LogP contribution in [0.3, 0.4) is 0 Å². The van der Waals surface area contributed by atoms with Crippen LogP contribution in [0.25, 0.3) is 10.2 Å². The number of rotatable bonds is 0. The molecule has 2 aromatic heterocycles. The van der Waals surface area contributed by atoms with E-state index in [2.05, 4.69) is 4.98 Å². The van der Waals surface area contributed by atoms with Crippen LogP contribution in [0, 0.1) is 6.92 Å². The van der Waals surface area contributed by atoms with Crippen molar-refractivity contribution in [2.45, 2.75) is 13.5 Å². The highest BCUT2D eigenvalue weighted by atomic mass is 35.5. The number of aryl methyl sites for hydroxylation is 1. The maximum Gasteiger partial charge on any atom is 0.300 e. The Kier molecular flexibility index (Phi) is 1.81. The molecule has 0 aliphatic carbocycles. The van der Waals surface area contributed by atoms with Gasteiger partial charge in [0.2, 0.25) is 0 Å². The predicted molar refractivity (Wildman–Crippen MR) is 59.1 cm³/mol. The molecule has 0 fully saturated rings. The molecular weight excluding hydrogens is 236 g/mol. The Labute approximate surface area is 94.1 Å². The standard InChI is InChI=1S/C9H7ClN2O2S/c1-4-5-7(15-6(4)10)11-9-12(8(5)13)2-3-14-9/h2-3H2,1H3. The fourth-order valence-electron chi connectivity index (χ4n) is 1.71. The van der Waals surface area contributed by atoms with Crippen LogP contribution < -0.4 is 10.3 Å². The third-order valence-electron chi connectivity index (χ3n) is 2.50. The summed E-state index contributed by atoms with van der Waals surface area (Å²) in [6.45, 7) is 2.93. The van der Waals surface area contributed by atoms with E-state index in [4.69, 9.17) is 16.3 Å². The molecule has 0 saturated carbocycles. The fourth-order valence-corrected chi connectivity index (χ4v) is 2.91. The molecule has 0 saturated heterocycles. The summed E-state index contributed by atoms with van der Waals surface area (Å²) in [5.74, 6) is 0. The second kappa shape index (κ2) is 2.96. The van der Waals surface area contributed by atoms with Crippen LogP contribution in [0.2, 0.25) is 4.34 Å². The van der Waals surface area contributed by atoms with Gasteiger partial charge in [0.25, 0.3) is 5.56 Å². The van der Waals surface area contributed by atoms with Gasteiger partial charge >= 0.3 is 6.01 Å². The van der Waals surface area contributed by atoms with Gasteiger partial charge in [0, 0.05) is 0 Å². The van der Waals surface area contributed by atoms with Crippen LogP contribution in [-0.4, -0.2) is 16.2 Å². The Morgan fingerprint density at radius 1 is 1.60 bits per heavy atom. The van der Waals surface area contributed by atoms with Gasteiger partial charge in [0.1, 0.15) is 11.4 Å². The highest BCUT2D eigenvalue weighted by Gasteiger charge is 2.20. The topological polar surface area (TPSA) is 44.1 Å². The summed E-state index contributed by atoms with van der Waals surface area (Å²) in [7, 11) is 0. The van der Waals surface area contributed by atoms with E-state index < -0.39 is 0 Å². The van der Waals surface area contributed by atoms with Crippen molar-refractivity contribution in [3.63, 3.8) is 0 Å². The maximum absolute atomic E-state index is 12.0. The summed E-state index contributed by atoms with van der Waals surface area (Å²) in [5.41, 5.74) is 0.768. The van der Waals surface area contributed by atoms with E-state index in [1.165, 1.54) is 11.3 Å². The first-order valence-corrected chi connectivity index (χ1v) is 5.70. The quantitative estimate of drug-likeness (QED) is 0.708. The molecule has 0 radical (unpaired) electrons. The van der Waals surface area contributed by atoms with E-state index >= 15 is 0 Å². The molecule has 1 aliphatic rings. The van der Waals surface area contributed by atoms with Gasteiger partial charge in [-0.15, -0.1) is 11.3 Å². The van der Waals surface area contributed by atoms with Crippen LogP contribution in [0.15, 0.2) is 4.79 Å². The van der Waals surface area contributed by atoms with Gasteiger partial charge in [-0.25, -0.2) is 0 Å². The minimum Gasteiger partial charge on any atom is -0.463 e. The van der Waals surface area contributed by atoms with E-state index in [1.807, 2.05) is 6.92 Å². The predicted octanol–water partition coefficient (Wildman–Crippen LogP) is 1.81. The third kappa shape index (κ3) is 1.13. The van der Waals surface area contributed by atoms with Crippen molar-refractivity contribution < 1.29 is 4.74 Å². The fraction of sp³-hybridized carbons (Fsp3) is 0.333. The Hall–Kier alpha value is -1.07. The number of ether oxygens (including phenoxy) is 1. The second-order valence-corrected chi connectivity index (χ2v) is 4.98. The Morgan fingerprint density at radius 2 is 2.40 bits per heavy atom. The molecule has 4 nitrogen and oxygen atoms in total. The van der Waals surface area contributed by atoms with E-state index in [0.29, 0.717) is 33.7 Å². The molecule has 0 bridgehead atoms. The van der Waals surface area contributed by atoms with E-state index in [0.717, 1.165) is 5.56 Å². The molecule has 0 N–H and O–H groups in total. The lowest BCUT2D eigenvalue weighted by atomic mass is 10.3. The van der Waals surface area contributed by atoms with Crippen LogP contribution in [0.4, 0.5) is 0 Å². The number of thiophene rings is 1. The van der Waals surface area contributed by atoms with Gasteiger partial charge < -0.3 is 4.74 Å². The first-order valence-electron chi connectivity index (χ1n) is 4.50. The lowest BCUT2D eigenvalue weighted by Crippen LogP contribution is -2.18. The number of aromatic nitrogens is 2. The zero-order chi connectivity index (χ0) is 10.6. The Balaban J connectivity index is 2.52. The Morgan fingerprint density at radius 3 is 3.20 bits per heavy atom. The highest BCUT2D eigenvalue weighted by molar-refractivity contribution is 7.22. The van der Waals surface area contributed by atoms with Gasteiger partial charge in [0.15, 0.2) is 0 Å². The molecule has 1 aliphatic heterocycles. The number of nitrogens with zero attached hydrogens (tertiary/aromatic N) is 2. The first-order chi connectivity index (χ1) is 7.18. The van der Waals surface area contributed by atoms with Gasteiger partial charge in [-0.3, -0.25) is 9.36 Å². The van der Waals surface area contributed by atoms with Crippen molar-refractivity contribution in [3.05, 3.63) is 20.3 Å².